The molecule has 0 spiro atoms. The van der Waals surface area contributed by atoms with Crippen LogP contribution in [-0.2, 0) is 16.6 Å². The van der Waals surface area contributed by atoms with Gasteiger partial charge in [0.2, 0.25) is 15.9 Å². The summed E-state index contributed by atoms with van der Waals surface area (Å²) in [5.74, 6) is -0.448. The Morgan fingerprint density at radius 1 is 1.17 bits per heavy atom. The van der Waals surface area contributed by atoms with Gasteiger partial charge in [-0.3, -0.25) is 0 Å². The summed E-state index contributed by atoms with van der Waals surface area (Å²) in [5.41, 5.74) is 0.508. The Hall–Kier alpha value is -2.33. The average molecular weight is 362 g/mol. The van der Waals surface area contributed by atoms with Crippen LogP contribution in [0.3, 0.4) is 0 Å². The number of para-hydroxylation sites is 1. The fourth-order valence-corrected chi connectivity index (χ4v) is 2.92. The zero-order chi connectivity index (χ0) is 17.8. The number of pyridine rings is 1. The SMILES string of the molecule is COc1ccc(CNS(=O)(=O)c2ccccc2OC(F)(F)F)cn1. The van der Waals surface area contributed by atoms with Crippen LogP contribution in [0.5, 0.6) is 11.6 Å². The van der Waals surface area contributed by atoms with Crippen molar-refractivity contribution >= 4 is 10.0 Å². The molecular formula is C14H13F3N2O4S. The van der Waals surface area contributed by atoms with Crippen LogP contribution in [0, 0.1) is 0 Å². The Balaban J connectivity index is 2.18. The number of nitrogens with one attached hydrogen (secondary N) is 1. The number of halogens is 3. The summed E-state index contributed by atoms with van der Waals surface area (Å²) in [6.07, 6.45) is -3.61. The molecule has 1 aromatic heterocycles. The fraction of sp³-hybridized carbons (Fsp3) is 0.214. The molecule has 130 valence electrons. The molecule has 24 heavy (non-hydrogen) atoms. The maximum absolute atomic E-state index is 12.4. The van der Waals surface area contributed by atoms with Crippen LogP contribution in [0.15, 0.2) is 47.5 Å². The lowest BCUT2D eigenvalue weighted by atomic mass is 10.3. The zero-order valence-corrected chi connectivity index (χ0v) is 13.2. The monoisotopic (exact) mass is 362 g/mol. The normalized spacial score (nSPS) is 12.0. The Kier molecular flexibility index (Phi) is 5.30. The molecule has 0 aliphatic carbocycles. The van der Waals surface area contributed by atoms with E-state index in [0.717, 1.165) is 12.1 Å². The molecule has 0 bridgehead atoms. The number of hydrogen-bond donors (Lipinski definition) is 1. The molecule has 1 heterocycles. The summed E-state index contributed by atoms with van der Waals surface area (Å²) in [5, 5.41) is 0. The van der Waals surface area contributed by atoms with Gasteiger partial charge in [-0.1, -0.05) is 18.2 Å². The summed E-state index contributed by atoms with van der Waals surface area (Å²) in [7, 11) is -2.78. The largest absolute Gasteiger partial charge is 0.573 e. The summed E-state index contributed by atoms with van der Waals surface area (Å²) < 4.78 is 72.4. The van der Waals surface area contributed by atoms with E-state index in [9.17, 15) is 21.6 Å². The Morgan fingerprint density at radius 3 is 2.46 bits per heavy atom. The van der Waals surface area contributed by atoms with E-state index in [4.69, 9.17) is 4.74 Å². The summed E-state index contributed by atoms with van der Waals surface area (Å²) in [6.45, 7) is -0.153. The van der Waals surface area contributed by atoms with Crippen LogP contribution in [0.1, 0.15) is 5.56 Å². The van der Waals surface area contributed by atoms with Crippen LogP contribution in [0.4, 0.5) is 13.2 Å². The summed E-state index contributed by atoms with van der Waals surface area (Å²) in [4.78, 5) is 3.30. The van der Waals surface area contributed by atoms with Gasteiger partial charge in [-0.25, -0.2) is 18.1 Å². The standard InChI is InChI=1S/C14H13F3N2O4S/c1-22-13-7-6-10(8-18-13)9-19-24(20,21)12-5-3-2-4-11(12)23-14(15,16)17/h2-8,19H,9H2,1H3. The number of aromatic nitrogens is 1. The lowest BCUT2D eigenvalue weighted by Gasteiger charge is -2.14. The van der Waals surface area contributed by atoms with Crippen LogP contribution in [0.25, 0.3) is 0 Å². The first-order valence-electron chi connectivity index (χ1n) is 6.54. The van der Waals surface area contributed by atoms with Crippen LogP contribution >= 0.6 is 0 Å². The number of hydrogen-bond acceptors (Lipinski definition) is 5. The molecule has 0 fully saturated rings. The second kappa shape index (κ2) is 7.05. The second-order valence-corrected chi connectivity index (χ2v) is 6.26. The van der Waals surface area contributed by atoms with Crippen LogP contribution < -0.4 is 14.2 Å². The van der Waals surface area contributed by atoms with Crippen molar-refractivity contribution in [1.29, 1.82) is 0 Å². The minimum Gasteiger partial charge on any atom is -0.481 e. The van der Waals surface area contributed by atoms with Crippen LogP contribution in [0.2, 0.25) is 0 Å². The van der Waals surface area contributed by atoms with E-state index in [1.54, 1.807) is 6.07 Å². The molecule has 0 aliphatic rings. The Labute approximate surface area is 136 Å². The molecule has 10 heteroatoms. The minimum absolute atomic E-state index is 0.153. The topological polar surface area (TPSA) is 77.5 Å². The van der Waals surface area contributed by atoms with Crippen molar-refractivity contribution in [2.24, 2.45) is 0 Å². The van der Waals surface area contributed by atoms with Gasteiger partial charge in [0.25, 0.3) is 0 Å². The number of benzene rings is 1. The molecule has 0 atom stereocenters. The van der Waals surface area contributed by atoms with E-state index in [1.165, 1.54) is 31.5 Å². The highest BCUT2D eigenvalue weighted by Gasteiger charge is 2.33. The Bertz CT molecular complexity index is 792. The molecule has 0 saturated heterocycles. The molecular weight excluding hydrogens is 349 g/mol. The number of alkyl halides is 3. The highest BCUT2D eigenvalue weighted by atomic mass is 32.2. The fourth-order valence-electron chi connectivity index (χ4n) is 1.77. The smallest absolute Gasteiger partial charge is 0.481 e. The van der Waals surface area contributed by atoms with Crippen molar-refractivity contribution in [3.8, 4) is 11.6 Å². The highest BCUT2D eigenvalue weighted by Crippen LogP contribution is 2.29. The highest BCUT2D eigenvalue weighted by molar-refractivity contribution is 7.89. The van der Waals surface area contributed by atoms with Gasteiger partial charge in [-0.05, 0) is 17.7 Å². The first-order valence-corrected chi connectivity index (χ1v) is 8.03. The van der Waals surface area contributed by atoms with Gasteiger partial charge in [0.05, 0.1) is 7.11 Å². The van der Waals surface area contributed by atoms with Crippen molar-refractivity contribution in [3.63, 3.8) is 0 Å². The lowest BCUT2D eigenvalue weighted by Crippen LogP contribution is -2.25. The molecule has 6 nitrogen and oxygen atoms in total. The predicted molar refractivity (Wildman–Crippen MR) is 77.9 cm³/mol. The molecule has 0 saturated carbocycles. The molecule has 0 amide bonds. The maximum Gasteiger partial charge on any atom is 0.573 e. The second-order valence-electron chi connectivity index (χ2n) is 4.53. The zero-order valence-electron chi connectivity index (χ0n) is 12.4. The molecule has 2 aromatic rings. The third-order valence-electron chi connectivity index (χ3n) is 2.84. The van der Waals surface area contributed by atoms with Crippen molar-refractivity contribution < 1.29 is 31.1 Å². The van der Waals surface area contributed by atoms with Crippen molar-refractivity contribution in [1.82, 2.24) is 9.71 Å². The van der Waals surface area contributed by atoms with E-state index >= 15 is 0 Å². The van der Waals surface area contributed by atoms with E-state index in [1.807, 2.05) is 0 Å². The van der Waals surface area contributed by atoms with Gasteiger partial charge < -0.3 is 9.47 Å². The number of sulfonamides is 1. The number of ether oxygens (including phenoxy) is 2. The van der Waals surface area contributed by atoms with Crippen molar-refractivity contribution in [2.45, 2.75) is 17.8 Å². The quantitative estimate of drug-likeness (QED) is 0.854. The van der Waals surface area contributed by atoms with E-state index < -0.39 is 27.0 Å². The molecule has 0 radical (unpaired) electrons. The van der Waals surface area contributed by atoms with Gasteiger partial charge in [0, 0.05) is 18.8 Å². The average Bonchev–Trinajstić information content (AvgIpc) is 2.52. The first-order chi connectivity index (χ1) is 11.2. The van der Waals surface area contributed by atoms with Crippen molar-refractivity contribution in [2.75, 3.05) is 7.11 Å². The molecule has 1 aromatic carbocycles. The maximum atomic E-state index is 12.4. The number of nitrogens with zero attached hydrogens (tertiary/aromatic N) is 1. The summed E-state index contributed by atoms with van der Waals surface area (Å²) in [6, 6.07) is 7.60. The van der Waals surface area contributed by atoms with Gasteiger partial charge in [-0.2, -0.15) is 0 Å². The third-order valence-corrected chi connectivity index (χ3v) is 4.28. The van der Waals surface area contributed by atoms with Crippen LogP contribution in [-0.4, -0.2) is 26.9 Å². The van der Waals surface area contributed by atoms with Gasteiger partial charge in [-0.15, -0.1) is 13.2 Å². The lowest BCUT2D eigenvalue weighted by molar-refractivity contribution is -0.275. The van der Waals surface area contributed by atoms with Gasteiger partial charge in [0.1, 0.15) is 10.6 Å². The van der Waals surface area contributed by atoms with E-state index in [0.29, 0.717) is 11.4 Å². The third kappa shape index (κ3) is 4.83. The molecule has 0 unspecified atom stereocenters. The Morgan fingerprint density at radius 2 is 1.88 bits per heavy atom. The van der Waals surface area contributed by atoms with Crippen molar-refractivity contribution in [3.05, 3.63) is 48.2 Å². The van der Waals surface area contributed by atoms with Gasteiger partial charge in [0.15, 0.2) is 0 Å². The predicted octanol–water partition coefficient (Wildman–Crippen LogP) is 2.47. The van der Waals surface area contributed by atoms with E-state index in [2.05, 4.69) is 14.4 Å². The number of rotatable bonds is 6. The van der Waals surface area contributed by atoms with Gasteiger partial charge >= 0.3 is 6.36 Å². The molecule has 0 aliphatic heterocycles. The summed E-state index contributed by atoms with van der Waals surface area (Å²) >= 11 is 0. The minimum atomic E-state index is -4.99. The first kappa shape index (κ1) is 18.0. The van der Waals surface area contributed by atoms with E-state index in [-0.39, 0.29) is 6.54 Å². The molecule has 2 rings (SSSR count). The number of methoxy groups -OCH3 is 1. The molecule has 1 N–H and O–H groups in total.